The van der Waals surface area contributed by atoms with Crippen LogP contribution in [0.2, 0.25) is 0 Å². The summed E-state index contributed by atoms with van der Waals surface area (Å²) in [4.78, 5) is 19.0. The number of hydrogen-bond acceptors (Lipinski definition) is 4. The highest BCUT2D eigenvalue weighted by atomic mass is 32.1. The molecule has 0 spiro atoms. The van der Waals surface area contributed by atoms with Crippen molar-refractivity contribution in [2.45, 2.75) is 26.5 Å². The van der Waals surface area contributed by atoms with Crippen LogP contribution < -0.4 is 15.4 Å². The second-order valence-electron chi connectivity index (χ2n) is 6.51. The lowest BCUT2D eigenvalue weighted by molar-refractivity contribution is -0.127. The lowest BCUT2D eigenvalue weighted by Gasteiger charge is -2.18. The van der Waals surface area contributed by atoms with Gasteiger partial charge >= 0.3 is 0 Å². The predicted molar refractivity (Wildman–Crippen MR) is 111 cm³/mol. The molecule has 0 radical (unpaired) electrons. The van der Waals surface area contributed by atoms with Gasteiger partial charge in [0, 0.05) is 19.0 Å². The summed E-state index contributed by atoms with van der Waals surface area (Å²) in [5.41, 5.74) is 1.16. The molecular formula is C20H28N4O2S. The van der Waals surface area contributed by atoms with Crippen molar-refractivity contribution < 1.29 is 9.53 Å². The van der Waals surface area contributed by atoms with E-state index in [1.807, 2.05) is 49.6 Å². The number of ether oxygens (including phenoxy) is 1. The van der Waals surface area contributed by atoms with Gasteiger partial charge in [-0.3, -0.25) is 4.79 Å². The molecule has 0 saturated heterocycles. The van der Waals surface area contributed by atoms with E-state index in [-0.39, 0.29) is 18.6 Å². The Morgan fingerprint density at radius 3 is 2.74 bits per heavy atom. The molecule has 1 amide bonds. The van der Waals surface area contributed by atoms with E-state index in [0.717, 1.165) is 11.3 Å². The number of carbonyl (C=O) groups is 1. The van der Waals surface area contributed by atoms with Gasteiger partial charge in [-0.1, -0.05) is 18.2 Å². The molecule has 0 aliphatic carbocycles. The average molecular weight is 389 g/mol. The minimum absolute atomic E-state index is 0.0451. The van der Waals surface area contributed by atoms with Gasteiger partial charge in [-0.2, -0.15) is 0 Å². The van der Waals surface area contributed by atoms with E-state index < -0.39 is 0 Å². The zero-order valence-corrected chi connectivity index (χ0v) is 17.2. The van der Waals surface area contributed by atoms with Crippen molar-refractivity contribution in [1.82, 2.24) is 15.5 Å². The van der Waals surface area contributed by atoms with Crippen LogP contribution in [0, 0.1) is 6.92 Å². The molecule has 1 aromatic heterocycles. The number of benzene rings is 1. The van der Waals surface area contributed by atoms with Crippen LogP contribution in [0.1, 0.15) is 17.4 Å². The number of carbonyl (C=O) groups excluding carboxylic acids is 1. The van der Waals surface area contributed by atoms with Gasteiger partial charge in [-0.05, 0) is 43.0 Å². The van der Waals surface area contributed by atoms with E-state index in [0.29, 0.717) is 19.0 Å². The second-order valence-corrected chi connectivity index (χ2v) is 7.54. The summed E-state index contributed by atoms with van der Waals surface area (Å²) in [6.07, 6.45) is -0.0508. The number of thiophene rings is 1. The summed E-state index contributed by atoms with van der Waals surface area (Å²) in [6, 6.07) is 12.0. The predicted octanol–water partition coefficient (Wildman–Crippen LogP) is 2.65. The van der Waals surface area contributed by atoms with Gasteiger partial charge in [0.1, 0.15) is 18.4 Å². The Labute approximate surface area is 165 Å². The fourth-order valence-corrected chi connectivity index (χ4v) is 2.89. The van der Waals surface area contributed by atoms with Gasteiger partial charge in [0.05, 0.1) is 13.1 Å². The molecule has 7 heteroatoms. The quantitative estimate of drug-likeness (QED) is 0.539. The number of aliphatic imine (C=N–C) groups is 1. The van der Waals surface area contributed by atoms with Gasteiger partial charge in [0.2, 0.25) is 5.91 Å². The van der Waals surface area contributed by atoms with Crippen LogP contribution in [0.4, 0.5) is 0 Å². The van der Waals surface area contributed by atoms with E-state index >= 15 is 0 Å². The molecule has 0 fully saturated rings. The van der Waals surface area contributed by atoms with Gasteiger partial charge < -0.3 is 20.3 Å². The van der Waals surface area contributed by atoms with E-state index in [9.17, 15) is 4.79 Å². The Kier molecular flexibility index (Phi) is 8.13. The SMILES string of the molecule is Cc1cccc(OC(C)CNC(=NCC(=O)N(C)C)NCc2cccs2)c1. The van der Waals surface area contributed by atoms with Crippen LogP contribution in [-0.2, 0) is 11.3 Å². The number of likely N-dealkylation sites (N-methyl/N-ethyl adjacent to an activating group) is 1. The summed E-state index contributed by atoms with van der Waals surface area (Å²) in [5, 5.41) is 8.56. The van der Waals surface area contributed by atoms with Crippen LogP contribution in [0.25, 0.3) is 0 Å². The molecular weight excluding hydrogens is 360 g/mol. The molecule has 1 unspecified atom stereocenters. The fourth-order valence-electron chi connectivity index (χ4n) is 2.25. The van der Waals surface area contributed by atoms with Crippen LogP contribution in [0.15, 0.2) is 46.8 Å². The smallest absolute Gasteiger partial charge is 0.243 e. The molecule has 0 saturated carbocycles. The average Bonchev–Trinajstić information content (AvgIpc) is 3.14. The highest BCUT2D eigenvalue weighted by Crippen LogP contribution is 2.13. The van der Waals surface area contributed by atoms with Gasteiger partial charge in [0.25, 0.3) is 0 Å². The topological polar surface area (TPSA) is 66.0 Å². The lowest BCUT2D eigenvalue weighted by atomic mass is 10.2. The number of nitrogens with zero attached hydrogens (tertiary/aromatic N) is 2. The summed E-state index contributed by atoms with van der Waals surface area (Å²) >= 11 is 1.68. The van der Waals surface area contributed by atoms with E-state index in [1.54, 1.807) is 25.4 Å². The first-order valence-electron chi connectivity index (χ1n) is 8.92. The number of rotatable bonds is 8. The van der Waals surface area contributed by atoms with Crippen LogP contribution in [-0.4, -0.2) is 50.1 Å². The Hall–Kier alpha value is -2.54. The monoisotopic (exact) mass is 388 g/mol. The van der Waals surface area contributed by atoms with E-state index in [1.165, 1.54) is 9.78 Å². The highest BCUT2D eigenvalue weighted by molar-refractivity contribution is 7.09. The van der Waals surface area contributed by atoms with Gasteiger partial charge in [-0.25, -0.2) is 4.99 Å². The third kappa shape index (κ3) is 7.70. The molecule has 6 nitrogen and oxygen atoms in total. The third-order valence-electron chi connectivity index (χ3n) is 3.77. The number of aryl methyl sites for hydroxylation is 1. The number of amides is 1. The Bertz CT molecular complexity index is 744. The van der Waals surface area contributed by atoms with Crippen molar-refractivity contribution in [1.29, 1.82) is 0 Å². The Morgan fingerprint density at radius 2 is 2.07 bits per heavy atom. The van der Waals surface area contributed by atoms with Crippen LogP contribution >= 0.6 is 11.3 Å². The summed E-state index contributed by atoms with van der Waals surface area (Å²) in [6.45, 7) is 5.36. The maximum atomic E-state index is 11.8. The molecule has 0 aliphatic heterocycles. The van der Waals surface area contributed by atoms with Crippen molar-refractivity contribution in [3.63, 3.8) is 0 Å². The molecule has 146 valence electrons. The summed E-state index contributed by atoms with van der Waals surface area (Å²) in [7, 11) is 3.45. The Morgan fingerprint density at radius 1 is 1.26 bits per heavy atom. The van der Waals surface area contributed by atoms with Crippen molar-refractivity contribution in [2.24, 2.45) is 4.99 Å². The maximum absolute atomic E-state index is 11.8. The number of guanidine groups is 1. The first kappa shape index (κ1) is 20.8. The van der Waals surface area contributed by atoms with Gasteiger partial charge in [0.15, 0.2) is 5.96 Å². The summed E-state index contributed by atoms with van der Waals surface area (Å²) in [5.74, 6) is 1.40. The van der Waals surface area contributed by atoms with E-state index in [4.69, 9.17) is 4.74 Å². The van der Waals surface area contributed by atoms with Crippen molar-refractivity contribution in [3.05, 3.63) is 52.2 Å². The molecule has 1 atom stereocenters. The van der Waals surface area contributed by atoms with Gasteiger partial charge in [-0.15, -0.1) is 11.3 Å². The second kappa shape index (κ2) is 10.6. The molecule has 0 bridgehead atoms. The molecule has 2 rings (SSSR count). The fraction of sp³-hybridized carbons (Fsp3) is 0.400. The normalized spacial score (nSPS) is 12.4. The summed E-state index contributed by atoms with van der Waals surface area (Å²) < 4.78 is 5.94. The number of hydrogen-bond donors (Lipinski definition) is 2. The van der Waals surface area contributed by atoms with Crippen LogP contribution in [0.5, 0.6) is 5.75 Å². The first-order valence-corrected chi connectivity index (χ1v) is 9.80. The zero-order valence-electron chi connectivity index (χ0n) is 16.4. The first-order chi connectivity index (χ1) is 12.9. The molecule has 2 N–H and O–H groups in total. The molecule has 0 aliphatic rings. The van der Waals surface area contributed by atoms with Crippen molar-refractivity contribution in [2.75, 3.05) is 27.2 Å². The lowest BCUT2D eigenvalue weighted by Crippen LogP contribution is -2.42. The van der Waals surface area contributed by atoms with Crippen molar-refractivity contribution >= 4 is 23.2 Å². The zero-order chi connectivity index (χ0) is 19.6. The molecule has 1 aromatic carbocycles. The molecule has 27 heavy (non-hydrogen) atoms. The molecule has 2 aromatic rings. The standard InChI is InChI=1S/C20H28N4O2S/c1-15-7-5-8-17(11-15)26-16(2)12-21-20(23-14-19(25)24(3)4)22-13-18-9-6-10-27-18/h5-11,16H,12-14H2,1-4H3,(H2,21,22,23). The highest BCUT2D eigenvalue weighted by Gasteiger charge is 2.08. The van der Waals surface area contributed by atoms with Crippen molar-refractivity contribution in [3.8, 4) is 5.75 Å². The third-order valence-corrected chi connectivity index (χ3v) is 4.64. The largest absolute Gasteiger partial charge is 0.489 e. The Balaban J connectivity index is 1.91. The number of nitrogens with one attached hydrogen (secondary N) is 2. The maximum Gasteiger partial charge on any atom is 0.243 e. The minimum Gasteiger partial charge on any atom is -0.489 e. The molecule has 1 heterocycles. The minimum atomic E-state index is -0.0508. The van der Waals surface area contributed by atoms with E-state index in [2.05, 4.69) is 21.7 Å². The van der Waals surface area contributed by atoms with Crippen LogP contribution in [0.3, 0.4) is 0 Å².